The van der Waals surface area contributed by atoms with Gasteiger partial charge in [-0.3, -0.25) is 9.59 Å². The lowest BCUT2D eigenvalue weighted by Crippen LogP contribution is -2.06. The fourth-order valence-corrected chi connectivity index (χ4v) is 3.15. The Labute approximate surface area is 161 Å². The molecule has 4 heteroatoms. The van der Waals surface area contributed by atoms with E-state index in [-0.39, 0.29) is 11.9 Å². The van der Waals surface area contributed by atoms with E-state index in [1.54, 1.807) is 0 Å². The van der Waals surface area contributed by atoms with Crippen LogP contribution >= 0.6 is 0 Å². The van der Waals surface area contributed by atoms with E-state index in [9.17, 15) is 9.59 Å². The molecule has 0 aromatic carbocycles. The Balaban J connectivity index is 3.24. The average molecular weight is 371 g/mol. The highest BCUT2D eigenvalue weighted by Gasteiger charge is 2.07. The molecule has 0 amide bonds. The third-order valence-electron chi connectivity index (χ3n) is 4.78. The standard InChI is InChI=1S/C22H42O4/c1-4-25-21(23)17-15-13-11-9-7-6-8-10-12-14-16-20(3)18-19-22(24)26-5-2/h20H,4-19H2,1-3H3. The first-order valence-electron chi connectivity index (χ1n) is 10.9. The topological polar surface area (TPSA) is 52.6 Å². The molecule has 26 heavy (non-hydrogen) atoms. The SMILES string of the molecule is CCOC(=O)CCCCCCCCCCCCC(C)CCC(=O)OCC. The number of ether oxygens (including phenoxy) is 2. The molecular formula is C22H42O4. The molecule has 0 rings (SSSR count). The number of esters is 2. The lowest BCUT2D eigenvalue weighted by molar-refractivity contribution is -0.144. The number of hydrogen-bond donors (Lipinski definition) is 0. The van der Waals surface area contributed by atoms with Gasteiger partial charge in [0.05, 0.1) is 13.2 Å². The van der Waals surface area contributed by atoms with Crippen LogP contribution in [0.5, 0.6) is 0 Å². The van der Waals surface area contributed by atoms with Gasteiger partial charge >= 0.3 is 11.9 Å². The molecule has 1 atom stereocenters. The Hall–Kier alpha value is -1.06. The molecule has 0 aliphatic carbocycles. The van der Waals surface area contributed by atoms with Crippen molar-refractivity contribution < 1.29 is 19.1 Å². The maximum atomic E-state index is 11.3. The molecule has 154 valence electrons. The molecule has 0 heterocycles. The second kappa shape index (κ2) is 18.7. The zero-order valence-electron chi connectivity index (χ0n) is 17.5. The zero-order chi connectivity index (χ0) is 19.5. The highest BCUT2D eigenvalue weighted by Crippen LogP contribution is 2.17. The van der Waals surface area contributed by atoms with Gasteiger partial charge in [-0.2, -0.15) is 0 Å². The van der Waals surface area contributed by atoms with Gasteiger partial charge in [-0.15, -0.1) is 0 Å². The summed E-state index contributed by atoms with van der Waals surface area (Å²) in [5.74, 6) is 0.511. The summed E-state index contributed by atoms with van der Waals surface area (Å²) < 4.78 is 9.89. The largest absolute Gasteiger partial charge is 0.466 e. The zero-order valence-corrected chi connectivity index (χ0v) is 17.5. The van der Waals surface area contributed by atoms with Gasteiger partial charge in [-0.05, 0) is 32.6 Å². The number of rotatable bonds is 18. The fraction of sp³-hybridized carbons (Fsp3) is 0.909. The van der Waals surface area contributed by atoms with Crippen LogP contribution in [0.4, 0.5) is 0 Å². The molecular weight excluding hydrogens is 328 g/mol. The minimum absolute atomic E-state index is 0.0530. The van der Waals surface area contributed by atoms with Gasteiger partial charge in [0, 0.05) is 12.8 Å². The molecule has 0 saturated carbocycles. The van der Waals surface area contributed by atoms with E-state index in [1.165, 1.54) is 57.8 Å². The van der Waals surface area contributed by atoms with E-state index in [4.69, 9.17) is 9.47 Å². The number of hydrogen-bond acceptors (Lipinski definition) is 4. The predicted octanol–water partition coefficient (Wildman–Crippen LogP) is 6.21. The second-order valence-electron chi connectivity index (χ2n) is 7.33. The van der Waals surface area contributed by atoms with Crippen LogP contribution in [0.1, 0.15) is 111 Å². The molecule has 0 aliphatic heterocycles. The van der Waals surface area contributed by atoms with Crippen LogP contribution in [0.2, 0.25) is 0 Å². The molecule has 0 aromatic heterocycles. The molecule has 1 unspecified atom stereocenters. The van der Waals surface area contributed by atoms with E-state index in [0.717, 1.165) is 19.3 Å². The second-order valence-corrected chi connectivity index (χ2v) is 7.33. The number of carbonyl (C=O) groups is 2. The summed E-state index contributed by atoms with van der Waals surface area (Å²) in [6.07, 6.45) is 15.8. The summed E-state index contributed by atoms with van der Waals surface area (Å²) in [6.45, 7) is 6.92. The van der Waals surface area contributed by atoms with E-state index in [2.05, 4.69) is 6.92 Å². The minimum atomic E-state index is -0.0553. The maximum Gasteiger partial charge on any atom is 0.305 e. The summed E-state index contributed by atoms with van der Waals surface area (Å²) in [6, 6.07) is 0. The Morgan fingerprint density at radius 3 is 1.54 bits per heavy atom. The Morgan fingerprint density at radius 1 is 0.615 bits per heavy atom. The van der Waals surface area contributed by atoms with Crippen molar-refractivity contribution in [1.82, 2.24) is 0 Å². The summed E-state index contributed by atoms with van der Waals surface area (Å²) in [7, 11) is 0. The van der Waals surface area contributed by atoms with Crippen molar-refractivity contribution in [1.29, 1.82) is 0 Å². The Bertz CT molecular complexity index is 341. The summed E-state index contributed by atoms with van der Waals surface area (Å²) in [5.41, 5.74) is 0. The number of unbranched alkanes of at least 4 members (excludes halogenated alkanes) is 9. The van der Waals surface area contributed by atoms with Gasteiger partial charge in [0.15, 0.2) is 0 Å². The summed E-state index contributed by atoms with van der Waals surface area (Å²) in [5, 5.41) is 0. The van der Waals surface area contributed by atoms with E-state index >= 15 is 0 Å². The van der Waals surface area contributed by atoms with Gasteiger partial charge < -0.3 is 9.47 Å². The van der Waals surface area contributed by atoms with Crippen LogP contribution in [-0.2, 0) is 19.1 Å². The Kier molecular flexibility index (Phi) is 18.0. The monoisotopic (exact) mass is 370 g/mol. The molecule has 0 fully saturated rings. The summed E-state index contributed by atoms with van der Waals surface area (Å²) >= 11 is 0. The predicted molar refractivity (Wildman–Crippen MR) is 107 cm³/mol. The van der Waals surface area contributed by atoms with Crippen molar-refractivity contribution in [2.24, 2.45) is 5.92 Å². The first kappa shape index (κ1) is 24.9. The van der Waals surface area contributed by atoms with Gasteiger partial charge in [-0.25, -0.2) is 0 Å². The van der Waals surface area contributed by atoms with Crippen LogP contribution < -0.4 is 0 Å². The van der Waals surface area contributed by atoms with E-state index < -0.39 is 0 Å². The molecule has 0 aromatic rings. The van der Waals surface area contributed by atoms with Crippen LogP contribution in [0.15, 0.2) is 0 Å². The third kappa shape index (κ3) is 17.8. The van der Waals surface area contributed by atoms with Crippen LogP contribution in [-0.4, -0.2) is 25.2 Å². The molecule has 0 saturated heterocycles. The van der Waals surface area contributed by atoms with E-state index in [1.807, 2.05) is 13.8 Å². The van der Waals surface area contributed by atoms with Crippen molar-refractivity contribution >= 4 is 11.9 Å². The molecule has 4 nitrogen and oxygen atoms in total. The minimum Gasteiger partial charge on any atom is -0.466 e. The highest BCUT2D eigenvalue weighted by molar-refractivity contribution is 5.69. The summed E-state index contributed by atoms with van der Waals surface area (Å²) in [4.78, 5) is 22.5. The van der Waals surface area contributed by atoms with Crippen molar-refractivity contribution in [3.63, 3.8) is 0 Å². The average Bonchev–Trinajstić information content (AvgIpc) is 2.61. The lowest BCUT2D eigenvalue weighted by atomic mass is 9.97. The molecule has 0 radical (unpaired) electrons. The number of carbonyl (C=O) groups excluding carboxylic acids is 2. The smallest absolute Gasteiger partial charge is 0.305 e. The van der Waals surface area contributed by atoms with Gasteiger partial charge in [0.2, 0.25) is 0 Å². The fourth-order valence-electron chi connectivity index (χ4n) is 3.15. The first-order chi connectivity index (χ1) is 12.6. The Morgan fingerprint density at radius 2 is 1.04 bits per heavy atom. The maximum absolute atomic E-state index is 11.3. The van der Waals surface area contributed by atoms with Crippen LogP contribution in [0.25, 0.3) is 0 Å². The third-order valence-corrected chi connectivity index (χ3v) is 4.78. The van der Waals surface area contributed by atoms with Crippen molar-refractivity contribution in [3.05, 3.63) is 0 Å². The van der Waals surface area contributed by atoms with Crippen LogP contribution in [0.3, 0.4) is 0 Å². The quantitative estimate of drug-likeness (QED) is 0.212. The van der Waals surface area contributed by atoms with Gasteiger partial charge in [0.1, 0.15) is 0 Å². The molecule has 0 N–H and O–H groups in total. The molecule has 0 bridgehead atoms. The van der Waals surface area contributed by atoms with Crippen molar-refractivity contribution in [2.45, 2.75) is 111 Å². The first-order valence-corrected chi connectivity index (χ1v) is 10.9. The molecule has 0 aliphatic rings. The van der Waals surface area contributed by atoms with Gasteiger partial charge in [0.25, 0.3) is 0 Å². The van der Waals surface area contributed by atoms with Crippen molar-refractivity contribution in [3.8, 4) is 0 Å². The van der Waals surface area contributed by atoms with E-state index in [0.29, 0.717) is 32.0 Å². The highest BCUT2D eigenvalue weighted by atomic mass is 16.5. The lowest BCUT2D eigenvalue weighted by Gasteiger charge is -2.10. The van der Waals surface area contributed by atoms with Crippen LogP contribution in [0, 0.1) is 5.92 Å². The van der Waals surface area contributed by atoms with Crippen molar-refractivity contribution in [2.75, 3.05) is 13.2 Å². The normalized spacial score (nSPS) is 12.0. The molecule has 0 spiro atoms. The van der Waals surface area contributed by atoms with Gasteiger partial charge in [-0.1, -0.05) is 71.1 Å².